The highest BCUT2D eigenvalue weighted by molar-refractivity contribution is 5.72. The van der Waals surface area contributed by atoms with Gasteiger partial charge in [-0.15, -0.1) is 0 Å². The van der Waals surface area contributed by atoms with E-state index in [1.54, 1.807) is 6.92 Å². The summed E-state index contributed by atoms with van der Waals surface area (Å²) in [5.41, 5.74) is 2.98. The van der Waals surface area contributed by atoms with Gasteiger partial charge in [0.2, 0.25) is 0 Å². The number of carbonyl (C=O) groups is 1. The molecule has 0 aliphatic carbocycles. The first-order chi connectivity index (χ1) is 12.8. The molecule has 2 aromatic carbocycles. The zero-order valence-electron chi connectivity index (χ0n) is 16.5. The highest BCUT2D eigenvalue weighted by atomic mass is 16.5. The molecule has 27 heavy (non-hydrogen) atoms. The SMILES string of the molecule is CCC1OC(=O)CC(C)(O)C1c1ccc(C)c(OCc2ccccc2)c1C. The van der Waals surface area contributed by atoms with Crippen LogP contribution in [0.1, 0.15) is 54.9 Å². The lowest BCUT2D eigenvalue weighted by molar-refractivity contribution is -0.173. The zero-order valence-corrected chi connectivity index (χ0v) is 16.5. The number of hydrogen-bond acceptors (Lipinski definition) is 4. The van der Waals surface area contributed by atoms with E-state index < -0.39 is 5.60 Å². The Balaban J connectivity index is 1.95. The van der Waals surface area contributed by atoms with Crippen LogP contribution in [-0.4, -0.2) is 22.8 Å². The molecule has 1 aliphatic rings. The van der Waals surface area contributed by atoms with Gasteiger partial charge in [-0.05, 0) is 49.4 Å². The minimum atomic E-state index is -1.15. The van der Waals surface area contributed by atoms with Crippen LogP contribution in [0.3, 0.4) is 0 Å². The van der Waals surface area contributed by atoms with Crippen molar-refractivity contribution < 1.29 is 19.4 Å². The van der Waals surface area contributed by atoms with Gasteiger partial charge < -0.3 is 14.6 Å². The van der Waals surface area contributed by atoms with Crippen LogP contribution < -0.4 is 4.74 Å². The third kappa shape index (κ3) is 4.01. The molecule has 3 atom stereocenters. The maximum absolute atomic E-state index is 11.9. The molecule has 1 aliphatic heterocycles. The molecule has 0 bridgehead atoms. The number of hydrogen-bond donors (Lipinski definition) is 1. The molecule has 1 fully saturated rings. The van der Waals surface area contributed by atoms with Crippen LogP contribution in [0, 0.1) is 13.8 Å². The van der Waals surface area contributed by atoms with E-state index in [9.17, 15) is 9.90 Å². The molecule has 4 nitrogen and oxygen atoms in total. The number of rotatable bonds is 5. The summed E-state index contributed by atoms with van der Waals surface area (Å²) in [4.78, 5) is 11.9. The maximum atomic E-state index is 11.9. The van der Waals surface area contributed by atoms with Crippen molar-refractivity contribution in [2.45, 2.75) is 64.8 Å². The predicted octanol–water partition coefficient (Wildman–Crippen LogP) is 4.44. The van der Waals surface area contributed by atoms with Gasteiger partial charge in [0, 0.05) is 0 Å². The van der Waals surface area contributed by atoms with Gasteiger partial charge in [0.25, 0.3) is 0 Å². The molecule has 4 heteroatoms. The second kappa shape index (κ2) is 7.73. The molecule has 144 valence electrons. The summed E-state index contributed by atoms with van der Waals surface area (Å²) in [6.07, 6.45) is 0.312. The summed E-state index contributed by atoms with van der Waals surface area (Å²) in [6.45, 7) is 8.22. The van der Waals surface area contributed by atoms with Gasteiger partial charge in [0.05, 0.1) is 17.9 Å². The summed E-state index contributed by atoms with van der Waals surface area (Å²) in [5.74, 6) is 0.215. The Hall–Kier alpha value is -2.33. The molecule has 1 saturated heterocycles. The first-order valence-electron chi connectivity index (χ1n) is 9.52. The molecule has 0 saturated carbocycles. The van der Waals surface area contributed by atoms with Crippen LogP contribution in [0.5, 0.6) is 5.75 Å². The fourth-order valence-electron chi connectivity index (χ4n) is 4.07. The van der Waals surface area contributed by atoms with Crippen molar-refractivity contribution in [1.82, 2.24) is 0 Å². The lowest BCUT2D eigenvalue weighted by Gasteiger charge is -2.42. The maximum Gasteiger partial charge on any atom is 0.309 e. The third-order valence-electron chi connectivity index (χ3n) is 5.43. The number of esters is 1. The van der Waals surface area contributed by atoms with E-state index in [1.807, 2.05) is 63.2 Å². The smallest absolute Gasteiger partial charge is 0.309 e. The van der Waals surface area contributed by atoms with Gasteiger partial charge in [-0.1, -0.05) is 49.4 Å². The second-order valence-electron chi connectivity index (χ2n) is 7.65. The van der Waals surface area contributed by atoms with Crippen LogP contribution in [0.4, 0.5) is 0 Å². The molecular formula is C23H28O4. The van der Waals surface area contributed by atoms with Crippen LogP contribution in [0.25, 0.3) is 0 Å². The number of aliphatic hydroxyl groups is 1. The molecular weight excluding hydrogens is 340 g/mol. The van der Waals surface area contributed by atoms with Crippen molar-refractivity contribution in [3.05, 3.63) is 64.7 Å². The van der Waals surface area contributed by atoms with E-state index in [4.69, 9.17) is 9.47 Å². The summed E-state index contributed by atoms with van der Waals surface area (Å²) in [7, 11) is 0. The molecule has 0 radical (unpaired) electrons. The van der Waals surface area contributed by atoms with E-state index in [0.717, 1.165) is 28.0 Å². The average molecular weight is 368 g/mol. The topological polar surface area (TPSA) is 55.8 Å². The fourth-order valence-corrected chi connectivity index (χ4v) is 4.07. The van der Waals surface area contributed by atoms with Gasteiger partial charge in [0.15, 0.2) is 0 Å². The highest BCUT2D eigenvalue weighted by Crippen LogP contribution is 2.44. The Labute approximate surface area is 161 Å². The van der Waals surface area contributed by atoms with Gasteiger partial charge in [-0.3, -0.25) is 4.79 Å². The first-order valence-corrected chi connectivity index (χ1v) is 9.52. The van der Waals surface area contributed by atoms with Crippen molar-refractivity contribution >= 4 is 5.97 Å². The Bertz CT molecular complexity index is 811. The molecule has 2 aromatic rings. The lowest BCUT2D eigenvalue weighted by atomic mass is 9.73. The average Bonchev–Trinajstić information content (AvgIpc) is 2.62. The molecule has 0 aromatic heterocycles. The Morgan fingerprint density at radius 3 is 2.56 bits per heavy atom. The number of carbonyl (C=O) groups excluding carboxylic acids is 1. The van der Waals surface area contributed by atoms with Gasteiger partial charge in [0.1, 0.15) is 18.5 Å². The summed E-state index contributed by atoms with van der Waals surface area (Å²) >= 11 is 0. The van der Waals surface area contributed by atoms with Crippen molar-refractivity contribution in [2.75, 3.05) is 0 Å². The zero-order chi connectivity index (χ0) is 19.6. The van der Waals surface area contributed by atoms with Crippen LogP contribution >= 0.6 is 0 Å². The molecule has 0 spiro atoms. The Morgan fingerprint density at radius 2 is 1.89 bits per heavy atom. The number of benzene rings is 2. The minimum Gasteiger partial charge on any atom is -0.488 e. The van der Waals surface area contributed by atoms with E-state index in [0.29, 0.717) is 13.0 Å². The minimum absolute atomic E-state index is 0.00168. The predicted molar refractivity (Wildman–Crippen MR) is 105 cm³/mol. The third-order valence-corrected chi connectivity index (χ3v) is 5.43. The van der Waals surface area contributed by atoms with Gasteiger partial charge in [-0.2, -0.15) is 0 Å². The van der Waals surface area contributed by atoms with E-state index in [2.05, 4.69) is 0 Å². The van der Waals surface area contributed by atoms with Crippen LogP contribution in [-0.2, 0) is 16.1 Å². The summed E-state index contributed by atoms with van der Waals surface area (Å²) < 4.78 is 11.7. The van der Waals surface area contributed by atoms with Gasteiger partial charge >= 0.3 is 5.97 Å². The van der Waals surface area contributed by atoms with E-state index >= 15 is 0 Å². The molecule has 3 unspecified atom stereocenters. The molecule has 3 rings (SSSR count). The van der Waals surface area contributed by atoms with Crippen molar-refractivity contribution in [2.24, 2.45) is 0 Å². The molecule has 1 N–H and O–H groups in total. The van der Waals surface area contributed by atoms with Crippen LogP contribution in [0.2, 0.25) is 0 Å². The normalized spacial score (nSPS) is 25.1. The number of ether oxygens (including phenoxy) is 2. The Kier molecular flexibility index (Phi) is 5.56. The van der Waals surface area contributed by atoms with Crippen molar-refractivity contribution in [3.8, 4) is 5.75 Å². The van der Waals surface area contributed by atoms with E-state index in [1.165, 1.54) is 0 Å². The second-order valence-corrected chi connectivity index (χ2v) is 7.65. The molecule has 0 amide bonds. The number of aryl methyl sites for hydroxylation is 1. The van der Waals surface area contributed by atoms with Gasteiger partial charge in [-0.25, -0.2) is 0 Å². The summed E-state index contributed by atoms with van der Waals surface area (Å²) in [6, 6.07) is 14.1. The monoisotopic (exact) mass is 368 g/mol. The van der Waals surface area contributed by atoms with E-state index in [-0.39, 0.29) is 24.4 Å². The van der Waals surface area contributed by atoms with Crippen molar-refractivity contribution in [1.29, 1.82) is 0 Å². The summed E-state index contributed by atoms with van der Waals surface area (Å²) in [5, 5.41) is 11.0. The van der Waals surface area contributed by atoms with Crippen molar-refractivity contribution in [3.63, 3.8) is 0 Å². The first kappa shape index (κ1) is 19.4. The largest absolute Gasteiger partial charge is 0.488 e. The van der Waals surface area contributed by atoms with Crippen LogP contribution in [0.15, 0.2) is 42.5 Å². The fraction of sp³-hybridized carbons (Fsp3) is 0.435. The molecule has 1 heterocycles. The quantitative estimate of drug-likeness (QED) is 0.793. The Morgan fingerprint density at radius 1 is 1.19 bits per heavy atom. The lowest BCUT2D eigenvalue weighted by Crippen LogP contribution is -2.48. The highest BCUT2D eigenvalue weighted by Gasteiger charge is 2.46. The standard InChI is InChI=1S/C23H28O4/c1-5-19-21(23(4,25)13-20(24)27-19)18-12-11-15(2)22(16(18)3)26-14-17-9-7-6-8-10-17/h6-12,19,21,25H,5,13-14H2,1-4H3. The number of cyclic esters (lactones) is 1.